The molecule has 0 amide bonds. The summed E-state index contributed by atoms with van der Waals surface area (Å²) in [5.41, 5.74) is 2.26. The van der Waals surface area contributed by atoms with Crippen LogP contribution in [-0.2, 0) is 6.54 Å². The monoisotopic (exact) mass is 206 g/mol. The fourth-order valence-corrected chi connectivity index (χ4v) is 1.73. The van der Waals surface area contributed by atoms with Gasteiger partial charge in [-0.05, 0) is 44.9 Å². The molecule has 3 heteroatoms. The smallest absolute Gasteiger partial charge is 0.214 e. The van der Waals surface area contributed by atoms with Gasteiger partial charge in [-0.25, -0.2) is 4.98 Å². The first-order chi connectivity index (χ1) is 7.28. The standard InChI is InChI=1S/C12H18N2O/c1-9-6-10(8-13-2)7-12(14-9)15-11-4-3-5-11/h6-7,11,13H,3-5,8H2,1-2H3. The Kier molecular flexibility index (Phi) is 3.21. The third kappa shape index (κ3) is 2.69. The Morgan fingerprint density at radius 2 is 2.27 bits per heavy atom. The van der Waals surface area contributed by atoms with Gasteiger partial charge < -0.3 is 10.1 Å². The average molecular weight is 206 g/mol. The number of nitrogens with zero attached hydrogens (tertiary/aromatic N) is 1. The van der Waals surface area contributed by atoms with E-state index in [1.165, 1.54) is 24.8 Å². The van der Waals surface area contributed by atoms with Crippen LogP contribution in [0.3, 0.4) is 0 Å². The molecule has 3 nitrogen and oxygen atoms in total. The number of rotatable bonds is 4. The Bertz CT molecular complexity index is 334. The minimum absolute atomic E-state index is 0.404. The molecule has 0 aromatic carbocycles. The van der Waals surface area contributed by atoms with Gasteiger partial charge in [0.1, 0.15) is 6.10 Å². The molecule has 1 aliphatic carbocycles. The predicted molar refractivity (Wildman–Crippen MR) is 60.0 cm³/mol. The first-order valence-electron chi connectivity index (χ1n) is 5.57. The summed E-state index contributed by atoms with van der Waals surface area (Å²) in [6, 6.07) is 4.12. The van der Waals surface area contributed by atoms with Gasteiger partial charge in [0.15, 0.2) is 0 Å². The molecule has 0 spiro atoms. The quantitative estimate of drug-likeness (QED) is 0.818. The van der Waals surface area contributed by atoms with E-state index in [4.69, 9.17) is 4.74 Å². The van der Waals surface area contributed by atoms with Crippen LogP contribution < -0.4 is 10.1 Å². The SMILES string of the molecule is CNCc1cc(C)nc(OC2CCC2)c1. The lowest BCUT2D eigenvalue weighted by atomic mass is 9.96. The maximum absolute atomic E-state index is 5.78. The topological polar surface area (TPSA) is 34.2 Å². The Balaban J connectivity index is 2.07. The molecule has 1 aromatic rings. The van der Waals surface area contributed by atoms with Gasteiger partial charge >= 0.3 is 0 Å². The molecule has 0 aliphatic heterocycles. The van der Waals surface area contributed by atoms with Crippen LogP contribution in [0.15, 0.2) is 12.1 Å². The number of hydrogen-bond acceptors (Lipinski definition) is 3. The minimum atomic E-state index is 0.404. The molecule has 15 heavy (non-hydrogen) atoms. The van der Waals surface area contributed by atoms with Gasteiger partial charge in [-0.1, -0.05) is 0 Å². The summed E-state index contributed by atoms with van der Waals surface area (Å²) in [5, 5.41) is 3.14. The average Bonchev–Trinajstić information content (AvgIpc) is 2.11. The normalized spacial score (nSPS) is 16.1. The molecule has 1 saturated carbocycles. The van der Waals surface area contributed by atoms with Crippen molar-refractivity contribution in [2.75, 3.05) is 7.05 Å². The lowest BCUT2D eigenvalue weighted by Crippen LogP contribution is -2.25. The largest absolute Gasteiger partial charge is 0.474 e. The van der Waals surface area contributed by atoms with E-state index in [-0.39, 0.29) is 0 Å². The van der Waals surface area contributed by atoms with Crippen LogP contribution >= 0.6 is 0 Å². The molecule has 1 aromatic heterocycles. The molecule has 0 unspecified atom stereocenters. The second-order valence-corrected chi connectivity index (χ2v) is 4.16. The van der Waals surface area contributed by atoms with E-state index in [9.17, 15) is 0 Å². The number of nitrogens with one attached hydrogen (secondary N) is 1. The van der Waals surface area contributed by atoms with E-state index in [2.05, 4.69) is 16.4 Å². The van der Waals surface area contributed by atoms with Crippen LogP contribution in [0, 0.1) is 6.92 Å². The van der Waals surface area contributed by atoms with Gasteiger partial charge in [0.2, 0.25) is 5.88 Å². The van der Waals surface area contributed by atoms with E-state index >= 15 is 0 Å². The van der Waals surface area contributed by atoms with Crippen molar-refractivity contribution in [3.63, 3.8) is 0 Å². The molecule has 0 bridgehead atoms. The number of pyridine rings is 1. The molecule has 0 atom stereocenters. The van der Waals surface area contributed by atoms with Gasteiger partial charge in [-0.2, -0.15) is 0 Å². The van der Waals surface area contributed by atoms with Gasteiger partial charge in [0.25, 0.3) is 0 Å². The molecule has 0 radical (unpaired) electrons. The van der Waals surface area contributed by atoms with Crippen molar-refractivity contribution >= 4 is 0 Å². The highest BCUT2D eigenvalue weighted by atomic mass is 16.5. The summed E-state index contributed by atoms with van der Waals surface area (Å²) in [5.74, 6) is 0.782. The third-order valence-electron chi connectivity index (χ3n) is 2.71. The molecule has 82 valence electrons. The van der Waals surface area contributed by atoms with Gasteiger partial charge in [0, 0.05) is 18.3 Å². The van der Waals surface area contributed by atoms with Crippen molar-refractivity contribution in [1.29, 1.82) is 0 Å². The summed E-state index contributed by atoms with van der Waals surface area (Å²) in [4.78, 5) is 4.39. The number of ether oxygens (including phenoxy) is 1. The summed E-state index contributed by atoms with van der Waals surface area (Å²) in [7, 11) is 1.95. The molecular weight excluding hydrogens is 188 g/mol. The fourth-order valence-electron chi connectivity index (χ4n) is 1.73. The number of hydrogen-bond donors (Lipinski definition) is 1. The zero-order chi connectivity index (χ0) is 10.7. The summed E-state index contributed by atoms with van der Waals surface area (Å²) in [6.45, 7) is 2.87. The van der Waals surface area contributed by atoms with Gasteiger partial charge in [0.05, 0.1) is 0 Å². The van der Waals surface area contributed by atoms with Crippen molar-refractivity contribution in [3.05, 3.63) is 23.4 Å². The van der Waals surface area contributed by atoms with Crippen molar-refractivity contribution in [2.24, 2.45) is 0 Å². The molecule has 0 saturated heterocycles. The maximum Gasteiger partial charge on any atom is 0.214 e. The lowest BCUT2D eigenvalue weighted by molar-refractivity contribution is 0.114. The predicted octanol–water partition coefficient (Wildman–Crippen LogP) is 2.04. The molecular formula is C12H18N2O. The molecule has 1 aliphatic rings. The van der Waals surface area contributed by atoms with Gasteiger partial charge in [-0.15, -0.1) is 0 Å². The second kappa shape index (κ2) is 4.62. The van der Waals surface area contributed by atoms with E-state index < -0.39 is 0 Å². The summed E-state index contributed by atoms with van der Waals surface area (Å²) >= 11 is 0. The van der Waals surface area contributed by atoms with E-state index in [0.717, 1.165) is 18.1 Å². The van der Waals surface area contributed by atoms with Crippen LogP contribution in [0.2, 0.25) is 0 Å². The Morgan fingerprint density at radius 3 is 2.87 bits per heavy atom. The van der Waals surface area contributed by atoms with Crippen LogP contribution in [0.4, 0.5) is 0 Å². The lowest BCUT2D eigenvalue weighted by Gasteiger charge is -2.26. The van der Waals surface area contributed by atoms with Crippen molar-refractivity contribution in [3.8, 4) is 5.88 Å². The second-order valence-electron chi connectivity index (χ2n) is 4.16. The maximum atomic E-state index is 5.78. The molecule has 1 heterocycles. The first-order valence-corrected chi connectivity index (χ1v) is 5.57. The van der Waals surface area contributed by atoms with Crippen molar-refractivity contribution < 1.29 is 4.74 Å². The Hall–Kier alpha value is -1.09. The zero-order valence-electron chi connectivity index (χ0n) is 9.42. The van der Waals surface area contributed by atoms with Crippen molar-refractivity contribution in [2.45, 2.75) is 38.8 Å². The van der Waals surface area contributed by atoms with Crippen LogP contribution in [-0.4, -0.2) is 18.1 Å². The molecule has 1 N–H and O–H groups in total. The highest BCUT2D eigenvalue weighted by Gasteiger charge is 2.19. The number of aromatic nitrogens is 1. The summed E-state index contributed by atoms with van der Waals surface area (Å²) in [6.07, 6.45) is 4.05. The number of aryl methyl sites for hydroxylation is 1. The van der Waals surface area contributed by atoms with Crippen molar-refractivity contribution in [1.82, 2.24) is 10.3 Å². The van der Waals surface area contributed by atoms with Gasteiger partial charge in [-0.3, -0.25) is 0 Å². The van der Waals surface area contributed by atoms with Crippen LogP contribution in [0.5, 0.6) is 5.88 Å². The highest BCUT2D eigenvalue weighted by molar-refractivity contribution is 5.24. The van der Waals surface area contributed by atoms with E-state index in [1.54, 1.807) is 0 Å². The zero-order valence-corrected chi connectivity index (χ0v) is 9.42. The minimum Gasteiger partial charge on any atom is -0.474 e. The third-order valence-corrected chi connectivity index (χ3v) is 2.71. The molecule has 2 rings (SSSR count). The summed E-state index contributed by atoms with van der Waals surface area (Å²) < 4.78 is 5.78. The van der Waals surface area contributed by atoms with E-state index in [0.29, 0.717) is 6.10 Å². The first kappa shape index (κ1) is 10.4. The fraction of sp³-hybridized carbons (Fsp3) is 0.583. The Labute approximate surface area is 90.9 Å². The van der Waals surface area contributed by atoms with Crippen LogP contribution in [0.25, 0.3) is 0 Å². The Morgan fingerprint density at radius 1 is 1.47 bits per heavy atom. The van der Waals surface area contributed by atoms with E-state index in [1.807, 2.05) is 20.0 Å². The highest BCUT2D eigenvalue weighted by Crippen LogP contribution is 2.24. The molecule has 1 fully saturated rings. The van der Waals surface area contributed by atoms with Crippen LogP contribution in [0.1, 0.15) is 30.5 Å².